The number of carboxylic acids is 1. The van der Waals surface area contributed by atoms with E-state index in [0.29, 0.717) is 6.42 Å². The highest BCUT2D eigenvalue weighted by Crippen LogP contribution is 2.44. The lowest BCUT2D eigenvalue weighted by Crippen LogP contribution is -2.43. The molecular formula is C27H32N2O6. The van der Waals surface area contributed by atoms with Crippen LogP contribution in [0.4, 0.5) is 4.79 Å². The molecule has 2 amide bonds. The lowest BCUT2D eigenvalue weighted by Gasteiger charge is -2.32. The SMILES string of the molecule is O=C(CCC1CCCCC1NC(=O)OCC1c2ccccc2-c2ccccc21)NC[C@H](O)C(=O)O. The van der Waals surface area contributed by atoms with Crippen LogP contribution in [0, 0.1) is 5.92 Å². The summed E-state index contributed by atoms with van der Waals surface area (Å²) < 4.78 is 5.69. The van der Waals surface area contributed by atoms with E-state index in [4.69, 9.17) is 9.84 Å². The third kappa shape index (κ3) is 6.00. The number of carboxylic acid groups (broad SMARTS) is 1. The summed E-state index contributed by atoms with van der Waals surface area (Å²) in [6.45, 7) is -0.0637. The normalized spacial score (nSPS) is 19.8. The van der Waals surface area contributed by atoms with Crippen molar-refractivity contribution in [3.05, 3.63) is 59.7 Å². The summed E-state index contributed by atoms with van der Waals surface area (Å²) in [5, 5.41) is 23.5. The quantitative estimate of drug-likeness (QED) is 0.436. The van der Waals surface area contributed by atoms with Gasteiger partial charge in [0.05, 0.1) is 6.54 Å². The van der Waals surface area contributed by atoms with E-state index in [2.05, 4.69) is 34.9 Å². The molecule has 2 aliphatic carbocycles. The number of carbonyl (C=O) groups is 3. The Morgan fingerprint density at radius 2 is 1.60 bits per heavy atom. The Morgan fingerprint density at radius 1 is 0.971 bits per heavy atom. The van der Waals surface area contributed by atoms with Crippen molar-refractivity contribution >= 4 is 18.0 Å². The molecule has 0 radical (unpaired) electrons. The van der Waals surface area contributed by atoms with Crippen LogP contribution in [0.3, 0.4) is 0 Å². The molecule has 0 aromatic heterocycles. The minimum atomic E-state index is -1.61. The fraction of sp³-hybridized carbons (Fsp3) is 0.444. The van der Waals surface area contributed by atoms with Gasteiger partial charge in [0.15, 0.2) is 6.10 Å². The van der Waals surface area contributed by atoms with Crippen molar-refractivity contribution in [2.45, 2.75) is 56.6 Å². The summed E-state index contributed by atoms with van der Waals surface area (Å²) in [7, 11) is 0. The van der Waals surface area contributed by atoms with Crippen LogP contribution in [0.5, 0.6) is 0 Å². The first kappa shape index (κ1) is 24.7. The van der Waals surface area contributed by atoms with E-state index in [9.17, 15) is 19.5 Å². The average Bonchev–Trinajstić information content (AvgIpc) is 3.19. The smallest absolute Gasteiger partial charge is 0.407 e. The first-order chi connectivity index (χ1) is 16.9. The first-order valence-corrected chi connectivity index (χ1v) is 12.2. The second-order valence-electron chi connectivity index (χ2n) is 9.32. The van der Waals surface area contributed by atoms with Crippen molar-refractivity contribution in [3.8, 4) is 11.1 Å². The fourth-order valence-corrected chi connectivity index (χ4v) is 5.24. The molecular weight excluding hydrogens is 448 g/mol. The highest BCUT2D eigenvalue weighted by atomic mass is 16.5. The number of rotatable bonds is 9. The number of benzene rings is 2. The molecule has 4 rings (SSSR count). The van der Waals surface area contributed by atoms with E-state index in [1.165, 1.54) is 11.1 Å². The Hall–Kier alpha value is -3.39. The molecule has 0 bridgehead atoms. The standard InChI is InChI=1S/C27H32N2O6/c30-24(26(32)33)15-28-25(31)14-13-17-7-1-6-12-23(17)29-27(34)35-16-22-20-10-4-2-8-18(20)19-9-3-5-11-21(19)22/h2-5,8-11,17,22-24,30H,1,6-7,12-16H2,(H,28,31)(H,29,34)(H,32,33)/t17?,23?,24-/m0/s1. The number of aliphatic hydroxyl groups is 1. The number of hydrogen-bond donors (Lipinski definition) is 4. The van der Waals surface area contributed by atoms with E-state index in [-0.39, 0.29) is 43.4 Å². The molecule has 2 unspecified atom stereocenters. The van der Waals surface area contributed by atoms with Gasteiger partial charge in [0, 0.05) is 18.4 Å². The maximum absolute atomic E-state index is 12.7. The zero-order valence-corrected chi connectivity index (χ0v) is 19.6. The summed E-state index contributed by atoms with van der Waals surface area (Å²) in [6, 6.07) is 16.3. The molecule has 8 nitrogen and oxygen atoms in total. The number of hydrogen-bond acceptors (Lipinski definition) is 5. The molecule has 2 aliphatic rings. The van der Waals surface area contributed by atoms with Crippen molar-refractivity contribution < 1.29 is 29.3 Å². The number of carbonyl (C=O) groups excluding carboxylic acids is 2. The molecule has 0 aliphatic heterocycles. The van der Waals surface area contributed by atoms with Crippen LogP contribution >= 0.6 is 0 Å². The fourth-order valence-electron chi connectivity index (χ4n) is 5.24. The van der Waals surface area contributed by atoms with Gasteiger partial charge in [-0.25, -0.2) is 9.59 Å². The maximum atomic E-state index is 12.7. The Balaban J connectivity index is 1.29. The Morgan fingerprint density at radius 3 is 2.26 bits per heavy atom. The van der Waals surface area contributed by atoms with Crippen molar-refractivity contribution in [2.75, 3.05) is 13.2 Å². The van der Waals surface area contributed by atoms with Crippen molar-refractivity contribution in [2.24, 2.45) is 5.92 Å². The number of amides is 2. The van der Waals surface area contributed by atoms with Gasteiger partial charge in [-0.3, -0.25) is 4.79 Å². The van der Waals surface area contributed by atoms with Crippen molar-refractivity contribution in [3.63, 3.8) is 0 Å². The van der Waals surface area contributed by atoms with Gasteiger partial charge in [-0.2, -0.15) is 0 Å². The first-order valence-electron chi connectivity index (χ1n) is 12.2. The molecule has 1 fully saturated rings. The molecule has 2 aromatic rings. The minimum absolute atomic E-state index is 0.000141. The third-order valence-corrected chi connectivity index (χ3v) is 7.08. The molecule has 0 heterocycles. The molecule has 2 aromatic carbocycles. The predicted molar refractivity (Wildman–Crippen MR) is 130 cm³/mol. The number of ether oxygens (including phenoxy) is 1. The van der Waals surface area contributed by atoms with Crippen LogP contribution in [-0.2, 0) is 14.3 Å². The lowest BCUT2D eigenvalue weighted by molar-refractivity contribution is -0.146. The summed E-state index contributed by atoms with van der Waals surface area (Å²) in [5.41, 5.74) is 4.68. The predicted octanol–water partition coefficient (Wildman–Crippen LogP) is 3.43. The summed E-state index contributed by atoms with van der Waals surface area (Å²) in [4.78, 5) is 35.5. The summed E-state index contributed by atoms with van der Waals surface area (Å²) in [6.07, 6.45) is 2.49. The highest BCUT2D eigenvalue weighted by molar-refractivity contribution is 5.79. The van der Waals surface area contributed by atoms with Gasteiger partial charge >= 0.3 is 12.1 Å². The van der Waals surface area contributed by atoms with E-state index < -0.39 is 18.2 Å². The molecule has 0 spiro atoms. The van der Waals surface area contributed by atoms with Crippen LogP contribution in [0.15, 0.2) is 48.5 Å². The van der Waals surface area contributed by atoms with Crippen LogP contribution < -0.4 is 10.6 Å². The van der Waals surface area contributed by atoms with E-state index in [0.717, 1.165) is 36.8 Å². The van der Waals surface area contributed by atoms with E-state index in [1.807, 2.05) is 24.3 Å². The van der Waals surface area contributed by atoms with Gasteiger partial charge in [-0.15, -0.1) is 0 Å². The van der Waals surface area contributed by atoms with Gasteiger partial charge < -0.3 is 25.6 Å². The second kappa shape index (κ2) is 11.4. The van der Waals surface area contributed by atoms with E-state index in [1.54, 1.807) is 0 Å². The zero-order chi connectivity index (χ0) is 24.8. The van der Waals surface area contributed by atoms with Crippen LogP contribution in [0.25, 0.3) is 11.1 Å². The molecule has 35 heavy (non-hydrogen) atoms. The zero-order valence-electron chi connectivity index (χ0n) is 19.6. The maximum Gasteiger partial charge on any atom is 0.407 e. The molecule has 186 valence electrons. The number of fused-ring (bicyclic) bond motifs is 3. The molecule has 8 heteroatoms. The molecule has 3 atom stereocenters. The number of aliphatic carboxylic acids is 1. The summed E-state index contributed by atoms with van der Waals surface area (Å²) >= 11 is 0. The molecule has 1 saturated carbocycles. The topological polar surface area (TPSA) is 125 Å². The van der Waals surface area contributed by atoms with Gasteiger partial charge in [-0.05, 0) is 47.4 Å². The van der Waals surface area contributed by atoms with Crippen LogP contribution in [0.2, 0.25) is 0 Å². The lowest BCUT2D eigenvalue weighted by atomic mass is 9.81. The number of nitrogens with one attached hydrogen (secondary N) is 2. The highest BCUT2D eigenvalue weighted by Gasteiger charge is 2.31. The summed E-state index contributed by atoms with van der Waals surface area (Å²) in [5.74, 6) is -1.54. The number of alkyl carbamates (subject to hydrolysis) is 1. The third-order valence-electron chi connectivity index (χ3n) is 7.08. The second-order valence-corrected chi connectivity index (χ2v) is 9.32. The van der Waals surface area contributed by atoms with E-state index >= 15 is 0 Å². The minimum Gasteiger partial charge on any atom is -0.479 e. The van der Waals surface area contributed by atoms with Crippen molar-refractivity contribution in [1.82, 2.24) is 10.6 Å². The molecule has 0 saturated heterocycles. The van der Waals surface area contributed by atoms with Crippen LogP contribution in [-0.4, -0.2) is 53.5 Å². The van der Waals surface area contributed by atoms with Gasteiger partial charge in [0.2, 0.25) is 5.91 Å². The van der Waals surface area contributed by atoms with Crippen molar-refractivity contribution in [1.29, 1.82) is 0 Å². The monoisotopic (exact) mass is 480 g/mol. The Bertz CT molecular complexity index is 1030. The van der Waals surface area contributed by atoms with Crippen LogP contribution in [0.1, 0.15) is 55.6 Å². The molecule has 4 N–H and O–H groups in total. The van der Waals surface area contributed by atoms with Gasteiger partial charge in [0.25, 0.3) is 0 Å². The average molecular weight is 481 g/mol. The Labute approximate surface area is 204 Å². The largest absolute Gasteiger partial charge is 0.479 e. The number of aliphatic hydroxyl groups excluding tert-OH is 1. The van der Waals surface area contributed by atoms with Gasteiger partial charge in [0.1, 0.15) is 6.61 Å². The van der Waals surface area contributed by atoms with Gasteiger partial charge in [-0.1, -0.05) is 61.4 Å². The Kier molecular flexibility index (Phi) is 8.02.